The molecule has 1 aliphatic heterocycles. The quantitative estimate of drug-likeness (QED) is 0.580. The summed E-state index contributed by atoms with van der Waals surface area (Å²) in [4.78, 5) is 18.2. The molecule has 1 unspecified atom stereocenters. The standard InChI is InChI=1S/C20H16N6OS/c1-12-18-14(16-8-5-9-28-16)10-17(27)23-19(18)26(25-12)20-22-15(11-21-24-20)13-6-3-2-4-7-13/h2-9,11,14H,10H2,1H3,(H,23,27). The summed E-state index contributed by atoms with van der Waals surface area (Å²) in [7, 11) is 0. The van der Waals surface area contributed by atoms with Crippen molar-refractivity contribution >= 4 is 23.1 Å². The summed E-state index contributed by atoms with van der Waals surface area (Å²) in [6, 6.07) is 13.8. The maximum absolute atomic E-state index is 12.4. The van der Waals surface area contributed by atoms with Gasteiger partial charge in [0.15, 0.2) is 0 Å². The van der Waals surface area contributed by atoms with Crippen LogP contribution in [0.1, 0.15) is 28.5 Å². The summed E-state index contributed by atoms with van der Waals surface area (Å²) < 4.78 is 1.59. The smallest absolute Gasteiger partial charge is 0.272 e. The molecule has 1 atom stereocenters. The molecule has 4 heterocycles. The monoisotopic (exact) mass is 388 g/mol. The predicted molar refractivity (Wildman–Crippen MR) is 107 cm³/mol. The molecule has 7 nitrogen and oxygen atoms in total. The Morgan fingerprint density at radius 1 is 1.18 bits per heavy atom. The number of hydrogen-bond acceptors (Lipinski definition) is 6. The summed E-state index contributed by atoms with van der Waals surface area (Å²) in [6.07, 6.45) is 2.03. The molecule has 0 aliphatic carbocycles. The summed E-state index contributed by atoms with van der Waals surface area (Å²) in [5, 5.41) is 17.9. The number of benzene rings is 1. The van der Waals surface area contributed by atoms with Crippen molar-refractivity contribution in [3.05, 3.63) is 70.2 Å². The molecule has 0 bridgehead atoms. The molecule has 28 heavy (non-hydrogen) atoms. The van der Waals surface area contributed by atoms with Gasteiger partial charge in [-0.3, -0.25) is 4.79 Å². The van der Waals surface area contributed by atoms with E-state index in [2.05, 4.69) is 31.7 Å². The Hall–Kier alpha value is -3.39. The highest BCUT2D eigenvalue weighted by atomic mass is 32.1. The second-order valence-electron chi connectivity index (χ2n) is 6.59. The number of nitrogens with one attached hydrogen (secondary N) is 1. The Morgan fingerprint density at radius 3 is 2.82 bits per heavy atom. The van der Waals surface area contributed by atoms with E-state index in [9.17, 15) is 4.79 Å². The third-order valence-corrected chi connectivity index (χ3v) is 5.78. The molecule has 1 N–H and O–H groups in total. The highest BCUT2D eigenvalue weighted by Gasteiger charge is 2.33. The second kappa shape index (κ2) is 6.65. The number of aryl methyl sites for hydroxylation is 1. The number of rotatable bonds is 3. The van der Waals surface area contributed by atoms with Crippen molar-refractivity contribution in [3.8, 4) is 17.2 Å². The van der Waals surface area contributed by atoms with E-state index in [0.717, 1.165) is 21.7 Å². The zero-order valence-corrected chi connectivity index (χ0v) is 15.8. The molecular weight excluding hydrogens is 372 g/mol. The van der Waals surface area contributed by atoms with Crippen molar-refractivity contribution in [2.45, 2.75) is 19.3 Å². The molecule has 1 aromatic carbocycles. The molecule has 0 saturated heterocycles. The molecule has 1 amide bonds. The highest BCUT2D eigenvalue weighted by molar-refractivity contribution is 7.10. The Morgan fingerprint density at radius 2 is 2.04 bits per heavy atom. The molecule has 0 fully saturated rings. The topological polar surface area (TPSA) is 85.6 Å². The van der Waals surface area contributed by atoms with Crippen LogP contribution in [-0.2, 0) is 4.79 Å². The molecule has 3 aromatic heterocycles. The van der Waals surface area contributed by atoms with Crippen molar-refractivity contribution < 1.29 is 4.79 Å². The number of aromatic nitrogens is 5. The number of hydrogen-bond donors (Lipinski definition) is 1. The molecule has 8 heteroatoms. The maximum atomic E-state index is 12.4. The van der Waals surface area contributed by atoms with Crippen molar-refractivity contribution in [2.24, 2.45) is 0 Å². The summed E-state index contributed by atoms with van der Waals surface area (Å²) in [5.41, 5.74) is 3.50. The fourth-order valence-corrected chi connectivity index (χ4v) is 4.39. The maximum Gasteiger partial charge on any atom is 0.272 e. The van der Waals surface area contributed by atoms with E-state index in [0.29, 0.717) is 23.9 Å². The summed E-state index contributed by atoms with van der Waals surface area (Å²) >= 11 is 1.65. The largest absolute Gasteiger partial charge is 0.310 e. The minimum Gasteiger partial charge on any atom is -0.310 e. The fourth-order valence-electron chi connectivity index (χ4n) is 3.56. The van der Waals surface area contributed by atoms with Gasteiger partial charge in [0.2, 0.25) is 5.91 Å². The Labute approximate surface area is 165 Å². The molecular formula is C20H16N6OS. The van der Waals surface area contributed by atoms with Crippen LogP contribution in [0.2, 0.25) is 0 Å². The van der Waals surface area contributed by atoms with Crippen LogP contribution in [0.25, 0.3) is 17.2 Å². The van der Waals surface area contributed by atoms with Crippen LogP contribution in [0.4, 0.5) is 5.82 Å². The first-order chi connectivity index (χ1) is 13.7. The molecule has 138 valence electrons. The van der Waals surface area contributed by atoms with E-state index >= 15 is 0 Å². The van der Waals surface area contributed by atoms with Gasteiger partial charge >= 0.3 is 0 Å². The lowest BCUT2D eigenvalue weighted by Crippen LogP contribution is -2.25. The van der Waals surface area contributed by atoms with E-state index in [1.54, 1.807) is 22.2 Å². The third kappa shape index (κ3) is 2.78. The van der Waals surface area contributed by atoms with Gasteiger partial charge in [-0.15, -0.1) is 16.4 Å². The fraction of sp³-hybridized carbons (Fsp3) is 0.150. The number of carbonyl (C=O) groups excluding carboxylic acids is 1. The van der Waals surface area contributed by atoms with Crippen LogP contribution in [0.15, 0.2) is 54.0 Å². The van der Waals surface area contributed by atoms with Gasteiger partial charge in [-0.05, 0) is 18.4 Å². The average Bonchev–Trinajstić information content (AvgIpc) is 3.37. The van der Waals surface area contributed by atoms with Gasteiger partial charge < -0.3 is 5.32 Å². The van der Waals surface area contributed by atoms with Crippen molar-refractivity contribution in [3.63, 3.8) is 0 Å². The first kappa shape index (κ1) is 16.8. The molecule has 1 aliphatic rings. The number of nitrogens with zero attached hydrogens (tertiary/aromatic N) is 5. The van der Waals surface area contributed by atoms with Gasteiger partial charge in [-0.25, -0.2) is 4.98 Å². The lowest BCUT2D eigenvalue weighted by molar-refractivity contribution is -0.116. The zero-order valence-electron chi connectivity index (χ0n) is 15.0. The van der Waals surface area contributed by atoms with E-state index in [1.807, 2.05) is 48.7 Å². The van der Waals surface area contributed by atoms with E-state index < -0.39 is 0 Å². The SMILES string of the molecule is Cc1nn(-c2nncc(-c3ccccc3)n2)c2c1C(c1cccs1)CC(=O)N2. The van der Waals surface area contributed by atoms with Gasteiger partial charge in [0, 0.05) is 28.3 Å². The number of fused-ring (bicyclic) bond motifs is 1. The second-order valence-corrected chi connectivity index (χ2v) is 7.57. The van der Waals surface area contributed by atoms with Crippen LogP contribution < -0.4 is 5.32 Å². The van der Waals surface area contributed by atoms with Crippen LogP contribution in [0.3, 0.4) is 0 Å². The van der Waals surface area contributed by atoms with Gasteiger partial charge in [0.1, 0.15) is 5.82 Å². The first-order valence-corrected chi connectivity index (χ1v) is 9.77. The minimum atomic E-state index is -0.0424. The third-order valence-electron chi connectivity index (χ3n) is 4.80. The normalized spacial score (nSPS) is 15.9. The molecule has 0 saturated carbocycles. The molecule has 0 radical (unpaired) electrons. The van der Waals surface area contributed by atoms with Crippen molar-refractivity contribution in [2.75, 3.05) is 5.32 Å². The molecule has 4 aromatic rings. The summed E-state index contributed by atoms with van der Waals surface area (Å²) in [5.74, 6) is 0.902. The molecule has 5 rings (SSSR count). The number of amides is 1. The lowest BCUT2D eigenvalue weighted by atomic mass is 9.91. The first-order valence-electron chi connectivity index (χ1n) is 8.89. The van der Waals surface area contributed by atoms with Gasteiger partial charge in [-0.2, -0.15) is 14.9 Å². The van der Waals surface area contributed by atoms with Gasteiger partial charge in [0.05, 0.1) is 17.6 Å². The van der Waals surface area contributed by atoms with Crippen LogP contribution >= 0.6 is 11.3 Å². The predicted octanol–water partition coefficient (Wildman–Crippen LogP) is 3.57. The highest BCUT2D eigenvalue weighted by Crippen LogP contribution is 2.41. The van der Waals surface area contributed by atoms with Crippen molar-refractivity contribution in [1.29, 1.82) is 0 Å². The minimum absolute atomic E-state index is 0.0113. The van der Waals surface area contributed by atoms with Crippen LogP contribution in [0.5, 0.6) is 0 Å². The average molecular weight is 388 g/mol. The lowest BCUT2D eigenvalue weighted by Gasteiger charge is -2.22. The van der Waals surface area contributed by atoms with Crippen LogP contribution in [-0.4, -0.2) is 30.9 Å². The van der Waals surface area contributed by atoms with Gasteiger partial charge in [0.25, 0.3) is 5.95 Å². The Bertz CT molecular complexity index is 1150. The van der Waals surface area contributed by atoms with E-state index in [1.165, 1.54) is 0 Å². The van der Waals surface area contributed by atoms with Crippen LogP contribution in [0, 0.1) is 6.92 Å². The van der Waals surface area contributed by atoms with Crippen molar-refractivity contribution in [1.82, 2.24) is 25.0 Å². The summed E-state index contributed by atoms with van der Waals surface area (Å²) in [6.45, 7) is 1.95. The number of anilines is 1. The number of carbonyl (C=O) groups is 1. The van der Waals surface area contributed by atoms with Gasteiger partial charge in [-0.1, -0.05) is 36.4 Å². The van der Waals surface area contributed by atoms with E-state index in [-0.39, 0.29) is 11.8 Å². The number of thiophene rings is 1. The Kier molecular flexibility index (Phi) is 3.98. The van der Waals surface area contributed by atoms with E-state index in [4.69, 9.17) is 0 Å². The zero-order chi connectivity index (χ0) is 19.1. The molecule has 0 spiro atoms. The Balaban J connectivity index is 1.64.